The minimum absolute atomic E-state index is 0.0798. The molecular formula is C11H16BrN3O. The molecular weight excluding hydrogens is 270 g/mol. The van der Waals surface area contributed by atoms with E-state index < -0.39 is 0 Å². The summed E-state index contributed by atoms with van der Waals surface area (Å²) in [7, 11) is 0. The van der Waals surface area contributed by atoms with E-state index in [0.29, 0.717) is 12.1 Å². The lowest BCUT2D eigenvalue weighted by Crippen LogP contribution is -2.37. The maximum absolute atomic E-state index is 12.2. The molecule has 2 N–H and O–H groups in total. The van der Waals surface area contributed by atoms with E-state index in [1.165, 1.54) is 0 Å². The maximum atomic E-state index is 12.2. The van der Waals surface area contributed by atoms with Gasteiger partial charge in [-0.1, -0.05) is 0 Å². The summed E-state index contributed by atoms with van der Waals surface area (Å²) in [6, 6.07) is 1.85. The highest BCUT2D eigenvalue weighted by molar-refractivity contribution is 9.10. The number of hydrogen-bond acceptors (Lipinski definition) is 3. The van der Waals surface area contributed by atoms with Crippen LogP contribution in [0, 0.1) is 0 Å². The molecule has 16 heavy (non-hydrogen) atoms. The van der Waals surface area contributed by atoms with Gasteiger partial charge in [0.15, 0.2) is 0 Å². The van der Waals surface area contributed by atoms with Gasteiger partial charge in [0.1, 0.15) is 5.82 Å². The van der Waals surface area contributed by atoms with Crippen LogP contribution in [0.3, 0.4) is 0 Å². The van der Waals surface area contributed by atoms with Crippen LogP contribution >= 0.6 is 15.9 Å². The molecule has 0 unspecified atom stereocenters. The number of pyridine rings is 1. The first kappa shape index (κ1) is 13.0. The van der Waals surface area contributed by atoms with Crippen LogP contribution in [0.4, 0.5) is 5.82 Å². The van der Waals surface area contributed by atoms with Crippen LogP contribution in [-0.2, 0) is 0 Å². The van der Waals surface area contributed by atoms with Crippen molar-refractivity contribution < 1.29 is 4.79 Å². The van der Waals surface area contributed by atoms with Crippen LogP contribution in [0.5, 0.6) is 0 Å². The SMILES string of the molecule is CCN(C(=O)c1cc(Br)cnc1N)C(C)C. The van der Waals surface area contributed by atoms with E-state index >= 15 is 0 Å². The zero-order chi connectivity index (χ0) is 12.3. The molecule has 0 radical (unpaired) electrons. The average Bonchev–Trinajstić information content (AvgIpc) is 2.22. The number of aromatic nitrogens is 1. The Labute approximate surface area is 104 Å². The van der Waals surface area contributed by atoms with Gasteiger partial charge in [0.05, 0.1) is 5.56 Å². The Balaban J connectivity index is 3.08. The molecule has 0 atom stereocenters. The Morgan fingerprint density at radius 2 is 2.25 bits per heavy atom. The Kier molecular flexibility index (Phi) is 4.29. The van der Waals surface area contributed by atoms with E-state index in [1.54, 1.807) is 17.2 Å². The summed E-state index contributed by atoms with van der Waals surface area (Å²) < 4.78 is 0.754. The summed E-state index contributed by atoms with van der Waals surface area (Å²) in [5.74, 6) is 0.191. The molecule has 0 saturated carbocycles. The Morgan fingerprint density at radius 1 is 1.62 bits per heavy atom. The molecule has 0 aliphatic heterocycles. The minimum atomic E-state index is -0.0798. The lowest BCUT2D eigenvalue weighted by atomic mass is 10.2. The van der Waals surface area contributed by atoms with Crippen LogP contribution in [0.15, 0.2) is 16.7 Å². The van der Waals surface area contributed by atoms with Gasteiger partial charge in [0, 0.05) is 23.3 Å². The Morgan fingerprint density at radius 3 is 2.75 bits per heavy atom. The molecule has 5 heteroatoms. The van der Waals surface area contributed by atoms with Crippen molar-refractivity contribution in [3.63, 3.8) is 0 Å². The van der Waals surface area contributed by atoms with Gasteiger partial charge in [0.2, 0.25) is 0 Å². The smallest absolute Gasteiger partial charge is 0.257 e. The molecule has 0 aliphatic rings. The fourth-order valence-corrected chi connectivity index (χ4v) is 1.85. The fourth-order valence-electron chi connectivity index (χ4n) is 1.52. The third-order valence-electron chi connectivity index (χ3n) is 2.34. The number of rotatable bonds is 3. The molecule has 1 rings (SSSR count). The van der Waals surface area contributed by atoms with Crippen molar-refractivity contribution in [1.82, 2.24) is 9.88 Å². The second kappa shape index (κ2) is 5.30. The number of carbonyl (C=O) groups excluding carboxylic acids is 1. The number of hydrogen-bond donors (Lipinski definition) is 1. The molecule has 0 fully saturated rings. The van der Waals surface area contributed by atoms with Gasteiger partial charge in [-0.3, -0.25) is 4.79 Å². The number of halogens is 1. The van der Waals surface area contributed by atoms with Gasteiger partial charge in [0.25, 0.3) is 5.91 Å². The molecule has 1 aromatic heterocycles. The topological polar surface area (TPSA) is 59.2 Å². The van der Waals surface area contributed by atoms with Crippen molar-refractivity contribution in [2.45, 2.75) is 26.8 Å². The first-order chi connectivity index (χ1) is 7.47. The summed E-state index contributed by atoms with van der Waals surface area (Å²) >= 11 is 3.28. The molecule has 0 saturated heterocycles. The average molecular weight is 286 g/mol. The third kappa shape index (κ3) is 2.72. The molecule has 1 heterocycles. The van der Waals surface area contributed by atoms with E-state index in [2.05, 4.69) is 20.9 Å². The van der Waals surface area contributed by atoms with E-state index in [4.69, 9.17) is 5.73 Å². The number of nitrogens with two attached hydrogens (primary N) is 1. The van der Waals surface area contributed by atoms with Crippen molar-refractivity contribution in [2.24, 2.45) is 0 Å². The summed E-state index contributed by atoms with van der Waals surface area (Å²) in [4.78, 5) is 17.9. The first-order valence-electron chi connectivity index (χ1n) is 5.19. The van der Waals surface area contributed by atoms with Gasteiger partial charge in [-0.15, -0.1) is 0 Å². The molecule has 4 nitrogen and oxygen atoms in total. The molecule has 0 bridgehead atoms. The van der Waals surface area contributed by atoms with Gasteiger partial charge in [-0.25, -0.2) is 4.98 Å². The van der Waals surface area contributed by atoms with Crippen LogP contribution in [0.25, 0.3) is 0 Å². The van der Waals surface area contributed by atoms with E-state index in [9.17, 15) is 4.79 Å². The van der Waals surface area contributed by atoms with Crippen LogP contribution in [-0.4, -0.2) is 28.4 Å². The molecule has 0 aliphatic carbocycles. The molecule has 1 amide bonds. The molecule has 88 valence electrons. The number of carbonyl (C=O) groups is 1. The van der Waals surface area contributed by atoms with Crippen molar-refractivity contribution in [3.8, 4) is 0 Å². The van der Waals surface area contributed by atoms with Crippen molar-refractivity contribution in [3.05, 3.63) is 22.3 Å². The fraction of sp³-hybridized carbons (Fsp3) is 0.455. The number of amides is 1. The highest BCUT2D eigenvalue weighted by Gasteiger charge is 2.19. The van der Waals surface area contributed by atoms with E-state index in [0.717, 1.165) is 4.47 Å². The van der Waals surface area contributed by atoms with Crippen LogP contribution < -0.4 is 5.73 Å². The largest absolute Gasteiger partial charge is 0.383 e. The number of nitrogens with zero attached hydrogens (tertiary/aromatic N) is 2. The molecule has 0 spiro atoms. The van der Waals surface area contributed by atoms with Gasteiger partial charge < -0.3 is 10.6 Å². The van der Waals surface area contributed by atoms with Crippen LogP contribution in [0.1, 0.15) is 31.1 Å². The third-order valence-corrected chi connectivity index (χ3v) is 2.77. The lowest BCUT2D eigenvalue weighted by Gasteiger charge is -2.25. The summed E-state index contributed by atoms with van der Waals surface area (Å²) in [5.41, 5.74) is 6.15. The maximum Gasteiger partial charge on any atom is 0.257 e. The minimum Gasteiger partial charge on any atom is -0.383 e. The second-order valence-electron chi connectivity index (χ2n) is 3.77. The predicted octanol–water partition coefficient (Wildman–Crippen LogP) is 2.30. The zero-order valence-electron chi connectivity index (χ0n) is 9.70. The molecule has 0 aromatic carbocycles. The monoisotopic (exact) mass is 285 g/mol. The Bertz CT molecular complexity index is 393. The van der Waals surface area contributed by atoms with Crippen LogP contribution in [0.2, 0.25) is 0 Å². The highest BCUT2D eigenvalue weighted by atomic mass is 79.9. The summed E-state index contributed by atoms with van der Waals surface area (Å²) in [6.07, 6.45) is 1.58. The zero-order valence-corrected chi connectivity index (χ0v) is 11.3. The lowest BCUT2D eigenvalue weighted by molar-refractivity contribution is 0.0717. The standard InChI is InChI=1S/C11H16BrN3O/c1-4-15(7(2)3)11(16)9-5-8(12)6-14-10(9)13/h5-7H,4H2,1-3H3,(H2,13,14). The summed E-state index contributed by atoms with van der Waals surface area (Å²) in [6.45, 7) is 6.55. The van der Waals surface area contributed by atoms with Gasteiger partial charge in [-0.2, -0.15) is 0 Å². The summed E-state index contributed by atoms with van der Waals surface area (Å²) in [5, 5.41) is 0. The highest BCUT2D eigenvalue weighted by Crippen LogP contribution is 2.18. The number of anilines is 1. The van der Waals surface area contributed by atoms with Gasteiger partial charge >= 0.3 is 0 Å². The van der Waals surface area contributed by atoms with E-state index in [-0.39, 0.29) is 17.8 Å². The number of nitrogen functional groups attached to an aromatic ring is 1. The predicted molar refractivity (Wildman–Crippen MR) is 68.2 cm³/mol. The quantitative estimate of drug-likeness (QED) is 0.927. The van der Waals surface area contributed by atoms with Crippen molar-refractivity contribution in [2.75, 3.05) is 12.3 Å². The normalized spacial score (nSPS) is 10.6. The van der Waals surface area contributed by atoms with Crippen molar-refractivity contribution >= 4 is 27.7 Å². The first-order valence-corrected chi connectivity index (χ1v) is 5.98. The van der Waals surface area contributed by atoms with Gasteiger partial charge in [-0.05, 0) is 42.8 Å². The van der Waals surface area contributed by atoms with E-state index in [1.807, 2.05) is 20.8 Å². The Hall–Kier alpha value is -1.10. The second-order valence-corrected chi connectivity index (χ2v) is 4.69. The van der Waals surface area contributed by atoms with Crippen molar-refractivity contribution in [1.29, 1.82) is 0 Å². The molecule has 1 aromatic rings.